The van der Waals surface area contributed by atoms with E-state index in [-0.39, 0.29) is 6.04 Å². The normalized spacial score (nSPS) is 12.4. The van der Waals surface area contributed by atoms with Gasteiger partial charge in [0.2, 0.25) is 0 Å². The van der Waals surface area contributed by atoms with E-state index in [9.17, 15) is 0 Å². The van der Waals surface area contributed by atoms with Gasteiger partial charge in [0.15, 0.2) is 0 Å². The number of halogens is 1. The van der Waals surface area contributed by atoms with Crippen LogP contribution in [0.15, 0.2) is 40.9 Å². The molecule has 0 aliphatic heterocycles. The van der Waals surface area contributed by atoms with Crippen LogP contribution in [0.2, 0.25) is 0 Å². The van der Waals surface area contributed by atoms with Gasteiger partial charge in [-0.3, -0.25) is 11.3 Å². The van der Waals surface area contributed by atoms with E-state index in [4.69, 9.17) is 5.84 Å². The molecule has 0 spiro atoms. The SMILES string of the molecule is Cc1ccc(C)c(CC(NN)c2cccc(Br)c2C)c1. The first-order valence-electron chi connectivity index (χ1n) is 6.80. The van der Waals surface area contributed by atoms with E-state index in [1.807, 2.05) is 0 Å². The Balaban J connectivity index is 2.34. The first-order chi connectivity index (χ1) is 9.52. The van der Waals surface area contributed by atoms with Gasteiger partial charge in [-0.2, -0.15) is 0 Å². The van der Waals surface area contributed by atoms with Gasteiger partial charge in [0, 0.05) is 4.47 Å². The Morgan fingerprint density at radius 3 is 2.60 bits per heavy atom. The average molecular weight is 333 g/mol. The fourth-order valence-electron chi connectivity index (χ4n) is 2.50. The number of benzene rings is 2. The standard InChI is InChI=1S/C17H21BrN2/c1-11-7-8-12(2)14(9-11)10-17(20-19)15-5-4-6-16(18)13(15)3/h4-9,17,20H,10,19H2,1-3H3. The Kier molecular flexibility index (Phi) is 4.97. The van der Waals surface area contributed by atoms with E-state index in [0.717, 1.165) is 10.9 Å². The van der Waals surface area contributed by atoms with Crippen molar-refractivity contribution in [1.82, 2.24) is 5.43 Å². The summed E-state index contributed by atoms with van der Waals surface area (Å²) in [5.41, 5.74) is 9.37. The van der Waals surface area contributed by atoms with Gasteiger partial charge in [0.25, 0.3) is 0 Å². The molecule has 1 unspecified atom stereocenters. The second-order valence-electron chi connectivity index (χ2n) is 5.31. The van der Waals surface area contributed by atoms with E-state index in [1.165, 1.54) is 27.8 Å². The summed E-state index contributed by atoms with van der Waals surface area (Å²) >= 11 is 3.59. The number of nitrogens with two attached hydrogens (primary N) is 1. The van der Waals surface area contributed by atoms with Crippen molar-refractivity contribution in [2.24, 2.45) is 5.84 Å². The summed E-state index contributed by atoms with van der Waals surface area (Å²) in [7, 11) is 0. The second kappa shape index (κ2) is 6.53. The van der Waals surface area contributed by atoms with Crippen molar-refractivity contribution in [2.75, 3.05) is 0 Å². The molecule has 2 rings (SSSR count). The lowest BCUT2D eigenvalue weighted by Crippen LogP contribution is -2.30. The Labute approximate surface area is 129 Å². The van der Waals surface area contributed by atoms with Crippen LogP contribution in [0.4, 0.5) is 0 Å². The van der Waals surface area contributed by atoms with Gasteiger partial charge >= 0.3 is 0 Å². The molecule has 0 radical (unpaired) electrons. The fraction of sp³-hybridized carbons (Fsp3) is 0.294. The van der Waals surface area contributed by atoms with Crippen molar-refractivity contribution < 1.29 is 0 Å². The van der Waals surface area contributed by atoms with Crippen molar-refractivity contribution in [3.8, 4) is 0 Å². The first kappa shape index (κ1) is 15.2. The summed E-state index contributed by atoms with van der Waals surface area (Å²) < 4.78 is 1.12. The van der Waals surface area contributed by atoms with E-state index in [0.29, 0.717) is 0 Å². The average Bonchev–Trinajstić information content (AvgIpc) is 2.43. The summed E-state index contributed by atoms with van der Waals surface area (Å²) in [4.78, 5) is 0. The number of hydrogen-bond acceptors (Lipinski definition) is 2. The lowest BCUT2D eigenvalue weighted by atomic mass is 9.93. The van der Waals surface area contributed by atoms with Crippen molar-refractivity contribution in [3.05, 3.63) is 68.7 Å². The molecule has 0 saturated carbocycles. The highest BCUT2D eigenvalue weighted by molar-refractivity contribution is 9.10. The van der Waals surface area contributed by atoms with Crippen molar-refractivity contribution >= 4 is 15.9 Å². The Hall–Kier alpha value is -1.16. The molecular weight excluding hydrogens is 312 g/mol. The Morgan fingerprint density at radius 2 is 1.90 bits per heavy atom. The minimum Gasteiger partial charge on any atom is -0.271 e. The van der Waals surface area contributed by atoms with Crippen LogP contribution in [0, 0.1) is 20.8 Å². The number of aryl methyl sites for hydroxylation is 2. The Bertz CT molecular complexity index is 608. The molecule has 3 N–H and O–H groups in total. The molecule has 0 fully saturated rings. The Morgan fingerprint density at radius 1 is 1.15 bits per heavy atom. The minimum absolute atomic E-state index is 0.119. The van der Waals surface area contributed by atoms with Crippen LogP contribution >= 0.6 is 15.9 Å². The van der Waals surface area contributed by atoms with Crippen LogP contribution in [-0.2, 0) is 6.42 Å². The quantitative estimate of drug-likeness (QED) is 0.652. The molecule has 0 aliphatic rings. The summed E-state index contributed by atoms with van der Waals surface area (Å²) in [5.74, 6) is 5.79. The summed E-state index contributed by atoms with van der Waals surface area (Å²) in [6.45, 7) is 6.39. The summed E-state index contributed by atoms with van der Waals surface area (Å²) in [6, 6.07) is 12.9. The molecule has 2 aromatic rings. The maximum Gasteiger partial charge on any atom is 0.0503 e. The second-order valence-corrected chi connectivity index (χ2v) is 6.16. The van der Waals surface area contributed by atoms with Crippen LogP contribution in [0.3, 0.4) is 0 Å². The summed E-state index contributed by atoms with van der Waals surface area (Å²) in [6.07, 6.45) is 0.890. The minimum atomic E-state index is 0.119. The van der Waals surface area contributed by atoms with E-state index >= 15 is 0 Å². The molecule has 20 heavy (non-hydrogen) atoms. The zero-order valence-corrected chi connectivity index (χ0v) is 13.8. The highest BCUT2D eigenvalue weighted by Crippen LogP contribution is 2.27. The number of hydrogen-bond donors (Lipinski definition) is 2. The molecular formula is C17H21BrN2. The van der Waals surface area contributed by atoms with Crippen LogP contribution in [-0.4, -0.2) is 0 Å². The lowest BCUT2D eigenvalue weighted by Gasteiger charge is -2.20. The molecule has 0 aromatic heterocycles. The number of nitrogens with one attached hydrogen (secondary N) is 1. The topological polar surface area (TPSA) is 38.0 Å². The molecule has 2 nitrogen and oxygen atoms in total. The highest BCUT2D eigenvalue weighted by atomic mass is 79.9. The molecule has 3 heteroatoms. The number of hydrazine groups is 1. The number of rotatable bonds is 4. The highest BCUT2D eigenvalue weighted by Gasteiger charge is 2.15. The van der Waals surface area contributed by atoms with Gasteiger partial charge in [-0.15, -0.1) is 0 Å². The fourth-order valence-corrected chi connectivity index (χ4v) is 2.88. The van der Waals surface area contributed by atoms with Gasteiger partial charge < -0.3 is 0 Å². The smallest absolute Gasteiger partial charge is 0.0503 e. The molecule has 1 atom stereocenters. The lowest BCUT2D eigenvalue weighted by molar-refractivity contribution is 0.548. The van der Waals surface area contributed by atoms with E-state index in [2.05, 4.69) is 78.5 Å². The predicted octanol–water partition coefficient (Wildman–Crippen LogP) is 4.12. The third kappa shape index (κ3) is 3.29. The maximum atomic E-state index is 5.79. The van der Waals surface area contributed by atoms with Crippen LogP contribution in [0.5, 0.6) is 0 Å². The molecule has 0 amide bonds. The third-order valence-corrected chi connectivity index (χ3v) is 4.67. The third-order valence-electron chi connectivity index (χ3n) is 3.81. The molecule has 2 aromatic carbocycles. The molecule has 0 bridgehead atoms. The van der Waals surface area contributed by atoms with E-state index in [1.54, 1.807) is 0 Å². The van der Waals surface area contributed by atoms with Gasteiger partial charge in [-0.25, -0.2) is 0 Å². The predicted molar refractivity (Wildman–Crippen MR) is 88.6 cm³/mol. The van der Waals surface area contributed by atoms with Crippen LogP contribution in [0.25, 0.3) is 0 Å². The maximum absolute atomic E-state index is 5.79. The first-order valence-corrected chi connectivity index (χ1v) is 7.59. The largest absolute Gasteiger partial charge is 0.271 e. The van der Waals surface area contributed by atoms with Crippen molar-refractivity contribution in [3.63, 3.8) is 0 Å². The molecule has 0 saturated heterocycles. The zero-order chi connectivity index (χ0) is 14.7. The molecule has 0 aliphatic carbocycles. The van der Waals surface area contributed by atoms with Gasteiger partial charge in [-0.1, -0.05) is 51.8 Å². The van der Waals surface area contributed by atoms with Crippen LogP contribution in [0.1, 0.15) is 33.9 Å². The van der Waals surface area contributed by atoms with Gasteiger partial charge in [-0.05, 0) is 55.5 Å². The van der Waals surface area contributed by atoms with Crippen molar-refractivity contribution in [2.45, 2.75) is 33.2 Å². The van der Waals surface area contributed by atoms with Crippen LogP contribution < -0.4 is 11.3 Å². The van der Waals surface area contributed by atoms with Gasteiger partial charge in [0.1, 0.15) is 0 Å². The monoisotopic (exact) mass is 332 g/mol. The van der Waals surface area contributed by atoms with Crippen molar-refractivity contribution in [1.29, 1.82) is 0 Å². The van der Waals surface area contributed by atoms with E-state index < -0.39 is 0 Å². The summed E-state index contributed by atoms with van der Waals surface area (Å²) in [5, 5.41) is 0. The zero-order valence-electron chi connectivity index (χ0n) is 12.2. The molecule has 106 valence electrons. The molecule has 0 heterocycles. The van der Waals surface area contributed by atoms with Gasteiger partial charge in [0.05, 0.1) is 6.04 Å².